The molecule has 1 N–H and O–H groups in total. The fourth-order valence-electron chi connectivity index (χ4n) is 1.86. The van der Waals surface area contributed by atoms with Crippen LogP contribution in [0, 0.1) is 13.8 Å². The number of likely N-dealkylation sites (N-methyl/N-ethyl adjacent to an activating group) is 1. The Bertz CT molecular complexity index is 358. The largest absolute Gasteiger partial charge is 0.390 e. The number of hydrogen-bond donors (Lipinski definition) is 1. The van der Waals surface area contributed by atoms with Crippen molar-refractivity contribution in [1.82, 2.24) is 10.2 Å². The first-order chi connectivity index (χ1) is 8.15. The van der Waals surface area contributed by atoms with Gasteiger partial charge in [-0.05, 0) is 50.2 Å². The molecule has 2 heteroatoms. The highest BCUT2D eigenvalue weighted by atomic mass is 15.1. The van der Waals surface area contributed by atoms with Crippen molar-refractivity contribution in [2.45, 2.75) is 20.3 Å². The Morgan fingerprint density at radius 3 is 2.76 bits per heavy atom. The zero-order valence-electron chi connectivity index (χ0n) is 11.3. The summed E-state index contributed by atoms with van der Waals surface area (Å²) in [5.74, 6) is 0. The maximum atomic E-state index is 3.64. The van der Waals surface area contributed by atoms with E-state index in [-0.39, 0.29) is 0 Å². The van der Waals surface area contributed by atoms with Gasteiger partial charge in [-0.3, -0.25) is 0 Å². The molecule has 0 aromatic heterocycles. The van der Waals surface area contributed by atoms with Gasteiger partial charge in [0.2, 0.25) is 0 Å². The summed E-state index contributed by atoms with van der Waals surface area (Å²) >= 11 is 0. The minimum absolute atomic E-state index is 0.965. The summed E-state index contributed by atoms with van der Waals surface area (Å²) in [4.78, 5) is 2.35. The third-order valence-corrected chi connectivity index (χ3v) is 3.26. The fourth-order valence-corrected chi connectivity index (χ4v) is 1.86. The number of rotatable bonds is 7. The molecule has 0 atom stereocenters. The molecule has 17 heavy (non-hydrogen) atoms. The Hall–Kier alpha value is -1.28. The lowest BCUT2D eigenvalue weighted by atomic mass is 10.0. The molecule has 1 aromatic rings. The molecule has 0 amide bonds. The molecular weight excluding hydrogens is 208 g/mol. The zero-order chi connectivity index (χ0) is 12.7. The highest BCUT2D eigenvalue weighted by molar-refractivity contribution is 5.33. The number of nitrogens with zero attached hydrogens (tertiary/aromatic N) is 1. The van der Waals surface area contributed by atoms with Crippen molar-refractivity contribution in [3.8, 4) is 0 Å². The van der Waals surface area contributed by atoms with E-state index in [0.717, 1.165) is 26.1 Å². The van der Waals surface area contributed by atoms with E-state index >= 15 is 0 Å². The van der Waals surface area contributed by atoms with Gasteiger partial charge in [0.25, 0.3) is 0 Å². The van der Waals surface area contributed by atoms with E-state index < -0.39 is 0 Å². The highest BCUT2D eigenvalue weighted by Crippen LogP contribution is 2.13. The molecule has 0 aliphatic rings. The van der Waals surface area contributed by atoms with E-state index in [4.69, 9.17) is 0 Å². The van der Waals surface area contributed by atoms with Crippen molar-refractivity contribution in [3.05, 3.63) is 47.7 Å². The fraction of sp³-hybridized carbons (Fsp3) is 0.467. The maximum Gasteiger partial charge on any atom is 0.0269 e. The normalized spacial score (nSPS) is 10.6. The van der Waals surface area contributed by atoms with Crippen LogP contribution in [0.5, 0.6) is 0 Å². The lowest BCUT2D eigenvalue weighted by Crippen LogP contribution is -2.28. The third-order valence-electron chi connectivity index (χ3n) is 3.26. The quantitative estimate of drug-likeness (QED) is 0.727. The SMILES string of the molecule is C=CNCCN(C)CCc1cccc(C)c1C. The first-order valence-corrected chi connectivity index (χ1v) is 6.23. The molecule has 0 aliphatic heterocycles. The first-order valence-electron chi connectivity index (χ1n) is 6.23. The second-order valence-corrected chi connectivity index (χ2v) is 4.57. The molecule has 94 valence electrons. The minimum atomic E-state index is 0.965. The Labute approximate surface area is 105 Å². The lowest BCUT2D eigenvalue weighted by molar-refractivity contribution is 0.341. The molecule has 0 heterocycles. The lowest BCUT2D eigenvalue weighted by Gasteiger charge is -2.17. The van der Waals surface area contributed by atoms with Crippen LogP contribution in [-0.4, -0.2) is 31.6 Å². The molecule has 0 spiro atoms. The second-order valence-electron chi connectivity index (χ2n) is 4.57. The molecule has 1 aromatic carbocycles. The molecule has 0 aliphatic carbocycles. The summed E-state index contributed by atoms with van der Waals surface area (Å²) < 4.78 is 0. The van der Waals surface area contributed by atoms with Gasteiger partial charge in [0.1, 0.15) is 0 Å². The van der Waals surface area contributed by atoms with Crippen molar-refractivity contribution in [3.63, 3.8) is 0 Å². The van der Waals surface area contributed by atoms with Gasteiger partial charge in [-0.2, -0.15) is 0 Å². The number of nitrogens with one attached hydrogen (secondary N) is 1. The van der Waals surface area contributed by atoms with E-state index in [0.29, 0.717) is 0 Å². The second kappa shape index (κ2) is 7.13. The van der Waals surface area contributed by atoms with Crippen LogP contribution < -0.4 is 5.32 Å². The molecule has 0 unspecified atom stereocenters. The van der Waals surface area contributed by atoms with Gasteiger partial charge in [0.05, 0.1) is 0 Å². The Morgan fingerprint density at radius 2 is 2.06 bits per heavy atom. The van der Waals surface area contributed by atoms with Gasteiger partial charge in [-0.1, -0.05) is 24.8 Å². The maximum absolute atomic E-state index is 3.64. The van der Waals surface area contributed by atoms with E-state index in [1.807, 2.05) is 0 Å². The predicted octanol–water partition coefficient (Wildman–Crippen LogP) is 2.51. The molecule has 0 saturated heterocycles. The number of hydrogen-bond acceptors (Lipinski definition) is 2. The van der Waals surface area contributed by atoms with Crippen LogP contribution in [0.3, 0.4) is 0 Å². The molecule has 0 radical (unpaired) electrons. The van der Waals surface area contributed by atoms with E-state index in [2.05, 4.69) is 55.9 Å². The molecule has 0 bridgehead atoms. The van der Waals surface area contributed by atoms with Gasteiger partial charge < -0.3 is 10.2 Å². The molecule has 0 fully saturated rings. The van der Waals surface area contributed by atoms with Crippen molar-refractivity contribution >= 4 is 0 Å². The Morgan fingerprint density at radius 1 is 1.29 bits per heavy atom. The Balaban J connectivity index is 2.39. The van der Waals surface area contributed by atoms with Crippen LogP contribution in [0.25, 0.3) is 0 Å². The van der Waals surface area contributed by atoms with Crippen LogP contribution in [0.1, 0.15) is 16.7 Å². The zero-order valence-corrected chi connectivity index (χ0v) is 11.3. The number of benzene rings is 1. The highest BCUT2D eigenvalue weighted by Gasteiger charge is 2.02. The minimum Gasteiger partial charge on any atom is -0.390 e. The van der Waals surface area contributed by atoms with Crippen molar-refractivity contribution in [2.24, 2.45) is 0 Å². The van der Waals surface area contributed by atoms with Crippen LogP contribution in [0.15, 0.2) is 31.0 Å². The smallest absolute Gasteiger partial charge is 0.0269 e. The molecular formula is C15H24N2. The van der Waals surface area contributed by atoms with E-state index in [9.17, 15) is 0 Å². The Kier molecular flexibility index (Phi) is 5.78. The predicted molar refractivity (Wildman–Crippen MR) is 75.3 cm³/mol. The summed E-state index contributed by atoms with van der Waals surface area (Å²) in [6.45, 7) is 11.1. The van der Waals surface area contributed by atoms with Gasteiger partial charge in [-0.25, -0.2) is 0 Å². The third kappa shape index (κ3) is 4.61. The first kappa shape index (κ1) is 13.8. The van der Waals surface area contributed by atoms with Crippen LogP contribution >= 0.6 is 0 Å². The van der Waals surface area contributed by atoms with Crippen molar-refractivity contribution in [2.75, 3.05) is 26.7 Å². The van der Waals surface area contributed by atoms with Gasteiger partial charge in [0, 0.05) is 19.6 Å². The average molecular weight is 232 g/mol. The van der Waals surface area contributed by atoms with Gasteiger partial charge in [0.15, 0.2) is 0 Å². The summed E-state index contributed by atoms with van der Waals surface area (Å²) in [6.07, 6.45) is 2.87. The summed E-state index contributed by atoms with van der Waals surface area (Å²) in [5.41, 5.74) is 4.29. The number of aryl methyl sites for hydroxylation is 1. The topological polar surface area (TPSA) is 15.3 Å². The van der Waals surface area contributed by atoms with Gasteiger partial charge in [-0.15, -0.1) is 0 Å². The standard InChI is InChI=1S/C15H24N2/c1-5-16-10-12-17(4)11-9-15-8-6-7-13(2)14(15)3/h5-8,16H,1,9-12H2,2-4H3. The summed E-state index contributed by atoms with van der Waals surface area (Å²) in [7, 11) is 2.16. The monoisotopic (exact) mass is 232 g/mol. The van der Waals surface area contributed by atoms with Crippen molar-refractivity contribution < 1.29 is 0 Å². The van der Waals surface area contributed by atoms with Crippen LogP contribution in [-0.2, 0) is 6.42 Å². The molecule has 1 rings (SSSR count). The van der Waals surface area contributed by atoms with E-state index in [1.165, 1.54) is 16.7 Å². The molecule has 0 saturated carbocycles. The summed E-state index contributed by atoms with van der Waals surface area (Å²) in [6, 6.07) is 6.56. The van der Waals surface area contributed by atoms with Crippen molar-refractivity contribution in [1.29, 1.82) is 0 Å². The van der Waals surface area contributed by atoms with Gasteiger partial charge >= 0.3 is 0 Å². The molecule has 2 nitrogen and oxygen atoms in total. The van der Waals surface area contributed by atoms with Crippen LogP contribution in [0.4, 0.5) is 0 Å². The summed E-state index contributed by atoms with van der Waals surface area (Å²) in [5, 5.41) is 3.12. The van der Waals surface area contributed by atoms with Crippen LogP contribution in [0.2, 0.25) is 0 Å². The van der Waals surface area contributed by atoms with E-state index in [1.54, 1.807) is 6.20 Å². The average Bonchev–Trinajstić information content (AvgIpc) is 2.31.